The van der Waals surface area contributed by atoms with E-state index in [2.05, 4.69) is 30.3 Å². The van der Waals surface area contributed by atoms with Crippen molar-refractivity contribution in [2.24, 2.45) is 11.8 Å². The number of Topliss-reactive ketones (excluding diaryl/α,β-unsaturated/α-hetero) is 1. The molecule has 1 aromatic rings. The van der Waals surface area contributed by atoms with E-state index in [-0.39, 0.29) is 0 Å². The molecule has 3 rings (SSSR count). The van der Waals surface area contributed by atoms with Crippen molar-refractivity contribution in [3.63, 3.8) is 0 Å². The molecule has 0 radical (unpaired) electrons. The van der Waals surface area contributed by atoms with Crippen molar-refractivity contribution < 1.29 is 9.53 Å². The smallest absolute Gasteiger partial charge is 0.133 e. The molecule has 2 nitrogen and oxygen atoms in total. The van der Waals surface area contributed by atoms with Crippen molar-refractivity contribution in [1.82, 2.24) is 0 Å². The summed E-state index contributed by atoms with van der Waals surface area (Å²) in [5.74, 6) is 1.21. The van der Waals surface area contributed by atoms with Gasteiger partial charge in [0.05, 0.1) is 13.2 Å². The van der Waals surface area contributed by atoms with E-state index in [0.717, 1.165) is 19.6 Å². The molecule has 0 spiro atoms. The minimum absolute atomic E-state index is 0.386. The van der Waals surface area contributed by atoms with Gasteiger partial charge in [0.2, 0.25) is 0 Å². The van der Waals surface area contributed by atoms with Gasteiger partial charge in [0, 0.05) is 18.8 Å². The number of rotatable bonds is 1. The summed E-state index contributed by atoms with van der Waals surface area (Å²) in [7, 11) is 0. The number of allylic oxidation sites excluding steroid dienone is 1. The van der Waals surface area contributed by atoms with Gasteiger partial charge < -0.3 is 4.74 Å². The Labute approximate surface area is 108 Å². The molecule has 0 aromatic heterocycles. The van der Waals surface area contributed by atoms with Crippen LogP contribution < -0.4 is 0 Å². The highest BCUT2D eigenvalue weighted by atomic mass is 16.5. The average molecular weight is 242 g/mol. The van der Waals surface area contributed by atoms with Gasteiger partial charge in [-0.15, -0.1) is 0 Å². The Morgan fingerprint density at radius 3 is 2.72 bits per heavy atom. The molecular formula is C16H18O2. The Hall–Kier alpha value is -1.41. The molecule has 18 heavy (non-hydrogen) atoms. The molecule has 1 aromatic carbocycles. The lowest BCUT2D eigenvalue weighted by molar-refractivity contribution is -0.120. The van der Waals surface area contributed by atoms with Crippen LogP contribution in [0, 0.1) is 11.8 Å². The van der Waals surface area contributed by atoms with Gasteiger partial charge in [0.15, 0.2) is 0 Å². The summed E-state index contributed by atoms with van der Waals surface area (Å²) in [5.41, 5.74) is 2.56. The summed E-state index contributed by atoms with van der Waals surface area (Å²) >= 11 is 0. The molecule has 0 bridgehead atoms. The highest BCUT2D eigenvalue weighted by molar-refractivity contribution is 5.82. The lowest BCUT2D eigenvalue weighted by Gasteiger charge is -2.19. The first kappa shape index (κ1) is 11.7. The van der Waals surface area contributed by atoms with E-state index >= 15 is 0 Å². The van der Waals surface area contributed by atoms with Gasteiger partial charge in [-0.2, -0.15) is 0 Å². The summed E-state index contributed by atoms with van der Waals surface area (Å²) in [5, 5.41) is 0. The maximum atomic E-state index is 11.9. The molecule has 2 heteroatoms. The monoisotopic (exact) mass is 242 g/mol. The lowest BCUT2D eigenvalue weighted by atomic mass is 9.83. The first-order chi connectivity index (χ1) is 8.83. The molecule has 94 valence electrons. The second kappa shape index (κ2) is 5.07. The average Bonchev–Trinajstić information content (AvgIpc) is 2.79. The first-order valence-corrected chi connectivity index (χ1v) is 6.68. The number of benzene rings is 1. The van der Waals surface area contributed by atoms with Crippen LogP contribution >= 0.6 is 0 Å². The zero-order valence-corrected chi connectivity index (χ0v) is 10.5. The normalized spacial score (nSPS) is 31.1. The van der Waals surface area contributed by atoms with Crippen molar-refractivity contribution in [2.75, 3.05) is 13.2 Å². The first-order valence-electron chi connectivity index (χ1n) is 6.68. The molecule has 0 unspecified atom stereocenters. The maximum absolute atomic E-state index is 11.9. The van der Waals surface area contributed by atoms with Crippen molar-refractivity contribution >= 4 is 11.4 Å². The number of carbonyl (C=O) groups is 1. The number of ether oxygens (including phenoxy) is 1. The van der Waals surface area contributed by atoms with Crippen molar-refractivity contribution in [1.29, 1.82) is 0 Å². The fourth-order valence-corrected chi connectivity index (χ4v) is 2.91. The van der Waals surface area contributed by atoms with Gasteiger partial charge in [-0.1, -0.05) is 36.4 Å². The van der Waals surface area contributed by atoms with Crippen LogP contribution in [0.3, 0.4) is 0 Å². The molecule has 1 fully saturated rings. The van der Waals surface area contributed by atoms with E-state index in [1.165, 1.54) is 11.1 Å². The molecule has 2 aliphatic rings. The van der Waals surface area contributed by atoms with Crippen LogP contribution in [0.2, 0.25) is 0 Å². The molecule has 2 atom stereocenters. The number of hydrogen-bond acceptors (Lipinski definition) is 2. The molecule has 0 N–H and O–H groups in total. The van der Waals surface area contributed by atoms with Gasteiger partial charge in [-0.05, 0) is 23.5 Å². The van der Waals surface area contributed by atoms with Crippen LogP contribution in [-0.4, -0.2) is 19.0 Å². The highest BCUT2D eigenvalue weighted by Gasteiger charge is 2.30. The molecule has 0 amide bonds. The third-order valence-corrected chi connectivity index (χ3v) is 3.97. The van der Waals surface area contributed by atoms with E-state index in [1.807, 2.05) is 6.07 Å². The topological polar surface area (TPSA) is 26.3 Å². The lowest BCUT2D eigenvalue weighted by Crippen LogP contribution is -2.17. The fraction of sp³-hybridized carbons (Fsp3) is 0.438. The van der Waals surface area contributed by atoms with Crippen LogP contribution in [0.4, 0.5) is 0 Å². The van der Waals surface area contributed by atoms with E-state index in [4.69, 9.17) is 4.74 Å². The fourth-order valence-electron chi connectivity index (χ4n) is 2.91. The quantitative estimate of drug-likeness (QED) is 0.756. The second-order valence-electron chi connectivity index (χ2n) is 5.26. The molecule has 1 aliphatic heterocycles. The molecule has 1 heterocycles. The van der Waals surface area contributed by atoms with Crippen LogP contribution in [0.25, 0.3) is 5.57 Å². The maximum Gasteiger partial charge on any atom is 0.133 e. The zero-order chi connectivity index (χ0) is 12.4. The van der Waals surface area contributed by atoms with Gasteiger partial charge in [-0.25, -0.2) is 0 Å². The van der Waals surface area contributed by atoms with E-state index in [9.17, 15) is 4.79 Å². The molecule has 1 aliphatic carbocycles. The third-order valence-electron chi connectivity index (χ3n) is 3.97. The standard InChI is InChI=1S/C16H18O2/c17-16-7-6-13(12-4-2-1-3-5-12)8-14-10-18-11-15(14)9-16/h1-5,8,14-15H,6-7,9-11H2/b13-8+/t14-,15+/m1/s1. The minimum Gasteiger partial charge on any atom is -0.381 e. The molecular weight excluding hydrogens is 224 g/mol. The largest absolute Gasteiger partial charge is 0.381 e. The van der Waals surface area contributed by atoms with E-state index in [0.29, 0.717) is 30.5 Å². The third kappa shape index (κ3) is 2.39. The highest BCUT2D eigenvalue weighted by Crippen LogP contribution is 2.33. The molecule has 1 saturated heterocycles. The van der Waals surface area contributed by atoms with Gasteiger partial charge in [-0.3, -0.25) is 4.79 Å². The van der Waals surface area contributed by atoms with Crippen LogP contribution in [0.15, 0.2) is 36.4 Å². The van der Waals surface area contributed by atoms with Crippen LogP contribution in [0.5, 0.6) is 0 Å². The number of ketones is 1. The Bertz CT molecular complexity index is 461. The Kier molecular flexibility index (Phi) is 3.28. The van der Waals surface area contributed by atoms with Crippen molar-refractivity contribution in [3.8, 4) is 0 Å². The van der Waals surface area contributed by atoms with Crippen LogP contribution in [0.1, 0.15) is 24.8 Å². The Balaban J connectivity index is 1.92. The van der Waals surface area contributed by atoms with Gasteiger partial charge in [0.25, 0.3) is 0 Å². The van der Waals surface area contributed by atoms with Gasteiger partial charge in [0.1, 0.15) is 5.78 Å². The van der Waals surface area contributed by atoms with Gasteiger partial charge >= 0.3 is 0 Å². The summed E-state index contributed by atoms with van der Waals surface area (Å²) in [6.45, 7) is 1.52. The van der Waals surface area contributed by atoms with E-state index in [1.54, 1.807) is 0 Å². The summed E-state index contributed by atoms with van der Waals surface area (Å²) in [6.07, 6.45) is 4.58. The second-order valence-corrected chi connectivity index (χ2v) is 5.26. The van der Waals surface area contributed by atoms with E-state index < -0.39 is 0 Å². The summed E-state index contributed by atoms with van der Waals surface area (Å²) in [6, 6.07) is 10.4. The minimum atomic E-state index is 0.386. The van der Waals surface area contributed by atoms with Crippen molar-refractivity contribution in [3.05, 3.63) is 42.0 Å². The number of hydrogen-bond donors (Lipinski definition) is 0. The summed E-state index contributed by atoms with van der Waals surface area (Å²) < 4.78 is 5.54. The Morgan fingerprint density at radius 1 is 1.06 bits per heavy atom. The van der Waals surface area contributed by atoms with Crippen LogP contribution in [-0.2, 0) is 9.53 Å². The number of fused-ring (bicyclic) bond motifs is 1. The SMILES string of the molecule is O=C1CC/C(c2ccccc2)=C\[C@@H]2COC[C@@H]2C1. The predicted molar refractivity (Wildman–Crippen MR) is 71.1 cm³/mol. The predicted octanol–water partition coefficient (Wildman–Crippen LogP) is 3.09. The Morgan fingerprint density at radius 2 is 1.89 bits per heavy atom. The molecule has 0 saturated carbocycles. The zero-order valence-electron chi connectivity index (χ0n) is 10.5. The summed E-state index contributed by atoms with van der Waals surface area (Å²) in [4.78, 5) is 11.9. The van der Waals surface area contributed by atoms with Crippen molar-refractivity contribution in [2.45, 2.75) is 19.3 Å². The number of carbonyl (C=O) groups excluding carboxylic acids is 1.